The van der Waals surface area contributed by atoms with Gasteiger partial charge in [0.05, 0.1) is 10.0 Å². The molecule has 0 aliphatic rings. The lowest BCUT2D eigenvalue weighted by atomic mass is 10.3. The maximum absolute atomic E-state index is 9.33. The topological polar surface area (TPSA) is 70.7 Å². The van der Waals surface area contributed by atoms with Crippen molar-refractivity contribution in [2.45, 2.75) is 4.34 Å². The Morgan fingerprint density at radius 3 is 2.67 bits per heavy atom. The quantitative estimate of drug-likeness (QED) is 0.658. The Bertz CT molecular complexity index is 602. The molecule has 94 valence electrons. The Balaban J connectivity index is 2.25. The van der Waals surface area contributed by atoms with Gasteiger partial charge >= 0.3 is 0 Å². The molecule has 0 saturated heterocycles. The van der Waals surface area contributed by atoms with Gasteiger partial charge in [-0.15, -0.1) is 20.4 Å². The number of thioether (sulfide) groups is 1. The number of benzene rings is 1. The third kappa shape index (κ3) is 3.11. The predicted octanol–water partition coefficient (Wildman–Crippen LogP) is 4.69. The van der Waals surface area contributed by atoms with E-state index >= 15 is 0 Å². The van der Waals surface area contributed by atoms with Gasteiger partial charge in [0.1, 0.15) is 11.4 Å². The molecule has 0 aliphatic carbocycles. The van der Waals surface area contributed by atoms with Crippen LogP contribution in [0.3, 0.4) is 0 Å². The summed E-state index contributed by atoms with van der Waals surface area (Å²) >= 11 is 14.4. The molecule has 1 heterocycles. The Morgan fingerprint density at radius 2 is 2.00 bits per heavy atom. The van der Waals surface area contributed by atoms with Gasteiger partial charge in [-0.1, -0.05) is 46.3 Å². The molecular formula is C9H6Cl2N4OS2. The summed E-state index contributed by atoms with van der Waals surface area (Å²) in [6.45, 7) is 0. The second-order valence-corrected chi connectivity index (χ2v) is 5.83. The van der Waals surface area contributed by atoms with Crippen LogP contribution in [-0.2, 0) is 0 Å². The normalized spacial score (nSPS) is 11.3. The van der Waals surface area contributed by atoms with Gasteiger partial charge in [-0.3, -0.25) is 0 Å². The Morgan fingerprint density at radius 1 is 1.22 bits per heavy atom. The first-order valence-electron chi connectivity index (χ1n) is 4.57. The number of aromatic hydroxyl groups is 1. The second-order valence-electron chi connectivity index (χ2n) is 3.01. The van der Waals surface area contributed by atoms with Crippen LogP contribution in [0, 0.1) is 0 Å². The fraction of sp³-hybridized carbons (Fsp3) is 0.111. The van der Waals surface area contributed by atoms with Crippen LogP contribution in [0.2, 0.25) is 10.0 Å². The highest BCUT2D eigenvalue weighted by Gasteiger charge is 2.06. The zero-order valence-electron chi connectivity index (χ0n) is 8.96. The van der Waals surface area contributed by atoms with Gasteiger partial charge in [-0.25, -0.2) is 0 Å². The summed E-state index contributed by atoms with van der Waals surface area (Å²) in [6.07, 6.45) is 1.90. The van der Waals surface area contributed by atoms with Crippen LogP contribution in [0.15, 0.2) is 26.7 Å². The average Bonchev–Trinajstić information content (AvgIpc) is 2.80. The summed E-state index contributed by atoms with van der Waals surface area (Å²) in [6, 6.07) is 2.74. The van der Waals surface area contributed by atoms with E-state index in [1.165, 1.54) is 35.2 Å². The number of phenolic OH excluding ortho intramolecular Hbond substituents is 1. The molecule has 0 fully saturated rings. The molecule has 0 spiro atoms. The number of azo groups is 1. The van der Waals surface area contributed by atoms with Crippen molar-refractivity contribution in [2.24, 2.45) is 10.2 Å². The Hall–Kier alpha value is -0.890. The molecule has 9 heteroatoms. The van der Waals surface area contributed by atoms with Gasteiger partial charge in [0.2, 0.25) is 0 Å². The highest BCUT2D eigenvalue weighted by Crippen LogP contribution is 2.36. The molecule has 0 unspecified atom stereocenters. The first-order chi connectivity index (χ1) is 8.60. The molecule has 2 aromatic rings. The van der Waals surface area contributed by atoms with E-state index in [0.717, 1.165) is 4.34 Å². The average molecular weight is 321 g/mol. The molecule has 2 rings (SSSR count). The van der Waals surface area contributed by atoms with Gasteiger partial charge in [0.15, 0.2) is 4.34 Å². The minimum Gasteiger partial charge on any atom is -0.506 e. The van der Waals surface area contributed by atoms with Gasteiger partial charge in [-0.05, 0) is 12.3 Å². The summed E-state index contributed by atoms with van der Waals surface area (Å²) in [4.78, 5) is 0. The van der Waals surface area contributed by atoms with Crippen LogP contribution in [0.5, 0.6) is 5.75 Å². The van der Waals surface area contributed by atoms with Gasteiger partial charge in [0.25, 0.3) is 5.13 Å². The molecule has 0 amide bonds. The van der Waals surface area contributed by atoms with E-state index in [1.54, 1.807) is 0 Å². The lowest BCUT2D eigenvalue weighted by Gasteiger charge is -1.99. The molecule has 1 N–H and O–H groups in total. The molecule has 0 bridgehead atoms. The van der Waals surface area contributed by atoms with E-state index in [4.69, 9.17) is 23.2 Å². The molecule has 5 nitrogen and oxygen atoms in total. The standard InChI is InChI=1S/C9H6Cl2N4OS2/c1-17-9-15-14-8(18-9)13-12-6-2-5(11)7(16)3-4(6)10/h2-3,16H,1H3/b13-12+. The summed E-state index contributed by atoms with van der Waals surface area (Å²) in [7, 11) is 0. The van der Waals surface area contributed by atoms with Crippen LogP contribution in [0.1, 0.15) is 0 Å². The molecule has 0 atom stereocenters. The van der Waals surface area contributed by atoms with Crippen molar-refractivity contribution in [3.8, 4) is 5.75 Å². The van der Waals surface area contributed by atoms with E-state index in [2.05, 4.69) is 20.4 Å². The predicted molar refractivity (Wildman–Crippen MR) is 74.0 cm³/mol. The van der Waals surface area contributed by atoms with Crippen LogP contribution in [0.25, 0.3) is 0 Å². The van der Waals surface area contributed by atoms with Crippen LogP contribution < -0.4 is 0 Å². The largest absolute Gasteiger partial charge is 0.506 e. The van der Waals surface area contributed by atoms with Gasteiger partial charge < -0.3 is 5.11 Å². The molecule has 18 heavy (non-hydrogen) atoms. The van der Waals surface area contributed by atoms with Crippen LogP contribution in [0.4, 0.5) is 10.8 Å². The number of hydrogen-bond donors (Lipinski definition) is 1. The fourth-order valence-corrected chi connectivity index (χ4v) is 2.46. The third-order valence-electron chi connectivity index (χ3n) is 1.83. The van der Waals surface area contributed by atoms with Crippen molar-refractivity contribution >= 4 is 57.1 Å². The SMILES string of the molecule is CSc1nnc(/N=N/c2cc(Cl)c(O)cc2Cl)s1. The van der Waals surface area contributed by atoms with Crippen molar-refractivity contribution < 1.29 is 5.11 Å². The number of hydrogen-bond acceptors (Lipinski definition) is 7. The molecule has 0 saturated carbocycles. The van der Waals surface area contributed by atoms with Crippen LogP contribution >= 0.6 is 46.3 Å². The molecular weight excluding hydrogens is 315 g/mol. The summed E-state index contributed by atoms with van der Waals surface area (Å²) < 4.78 is 0.804. The van der Waals surface area contributed by atoms with E-state index in [9.17, 15) is 5.11 Å². The maximum Gasteiger partial charge on any atom is 0.252 e. The lowest BCUT2D eigenvalue weighted by molar-refractivity contribution is 0.475. The molecule has 1 aromatic carbocycles. The molecule has 1 aromatic heterocycles. The number of nitrogens with zero attached hydrogens (tertiary/aromatic N) is 4. The zero-order valence-corrected chi connectivity index (χ0v) is 12.1. The Labute approximate surface area is 121 Å². The monoisotopic (exact) mass is 320 g/mol. The summed E-state index contributed by atoms with van der Waals surface area (Å²) in [5.74, 6) is -0.0961. The first kappa shape index (κ1) is 13.5. The van der Waals surface area contributed by atoms with E-state index in [0.29, 0.717) is 10.8 Å². The van der Waals surface area contributed by atoms with Gasteiger partial charge in [-0.2, -0.15) is 0 Å². The molecule has 0 radical (unpaired) electrons. The second kappa shape index (κ2) is 5.83. The van der Waals surface area contributed by atoms with E-state index in [-0.39, 0.29) is 15.8 Å². The van der Waals surface area contributed by atoms with Crippen LogP contribution in [-0.4, -0.2) is 21.6 Å². The zero-order chi connectivity index (χ0) is 13.1. The van der Waals surface area contributed by atoms with Crippen molar-refractivity contribution in [1.82, 2.24) is 10.2 Å². The minimum absolute atomic E-state index is 0.0961. The van der Waals surface area contributed by atoms with Crippen molar-refractivity contribution in [1.29, 1.82) is 0 Å². The Kier molecular flexibility index (Phi) is 4.39. The van der Waals surface area contributed by atoms with E-state index in [1.807, 2.05) is 6.26 Å². The van der Waals surface area contributed by atoms with Gasteiger partial charge in [0, 0.05) is 6.07 Å². The number of phenols is 1. The summed E-state index contributed by atoms with van der Waals surface area (Å²) in [5.41, 5.74) is 0.361. The number of rotatable bonds is 3. The number of aromatic nitrogens is 2. The lowest BCUT2D eigenvalue weighted by Crippen LogP contribution is -1.72. The minimum atomic E-state index is -0.0961. The molecule has 0 aliphatic heterocycles. The first-order valence-corrected chi connectivity index (χ1v) is 7.37. The number of halogens is 2. The van der Waals surface area contributed by atoms with Crippen molar-refractivity contribution in [3.05, 3.63) is 22.2 Å². The maximum atomic E-state index is 9.33. The van der Waals surface area contributed by atoms with E-state index < -0.39 is 0 Å². The smallest absolute Gasteiger partial charge is 0.252 e. The third-order valence-corrected chi connectivity index (χ3v) is 4.22. The highest BCUT2D eigenvalue weighted by atomic mass is 35.5. The van der Waals surface area contributed by atoms with Crippen molar-refractivity contribution in [2.75, 3.05) is 6.26 Å². The highest BCUT2D eigenvalue weighted by molar-refractivity contribution is 8.00. The summed E-state index contributed by atoms with van der Waals surface area (Å²) in [5, 5.41) is 25.7. The van der Waals surface area contributed by atoms with Crippen molar-refractivity contribution in [3.63, 3.8) is 0 Å². The fourth-order valence-electron chi connectivity index (χ4n) is 1.02.